The molecule has 0 heterocycles. The molecule has 0 radical (unpaired) electrons. The van der Waals surface area contributed by atoms with Crippen LogP contribution in [0.25, 0.3) is 0 Å². The second-order valence-electron chi connectivity index (χ2n) is 5.35. The summed E-state index contributed by atoms with van der Waals surface area (Å²) in [5.41, 5.74) is 1.93. The number of anilines is 1. The molecule has 0 saturated heterocycles. The predicted octanol–water partition coefficient (Wildman–Crippen LogP) is 3.32. The van der Waals surface area contributed by atoms with Gasteiger partial charge in [0.15, 0.2) is 0 Å². The summed E-state index contributed by atoms with van der Waals surface area (Å²) in [6.45, 7) is 7.67. The van der Waals surface area contributed by atoms with Gasteiger partial charge < -0.3 is 15.7 Å². The maximum Gasteiger partial charge on any atom is 0.319 e. The number of aryl methyl sites for hydroxylation is 1. The van der Waals surface area contributed by atoms with Crippen molar-refractivity contribution in [2.75, 3.05) is 11.9 Å². The van der Waals surface area contributed by atoms with Gasteiger partial charge in [0.2, 0.25) is 0 Å². The highest BCUT2D eigenvalue weighted by atomic mass is 16.4. The monoisotopic (exact) mass is 292 g/mol. The molecule has 21 heavy (non-hydrogen) atoms. The molecule has 5 heteroatoms. The summed E-state index contributed by atoms with van der Waals surface area (Å²) in [5.74, 6) is -0.875. The minimum absolute atomic E-state index is 0.117. The number of amides is 2. The first-order valence-corrected chi connectivity index (χ1v) is 7.20. The zero-order valence-electron chi connectivity index (χ0n) is 13.1. The third-order valence-corrected chi connectivity index (χ3v) is 4.25. The van der Waals surface area contributed by atoms with Gasteiger partial charge in [-0.05, 0) is 43.9 Å². The van der Waals surface area contributed by atoms with E-state index < -0.39 is 11.4 Å². The molecule has 0 aliphatic rings. The molecule has 116 valence electrons. The van der Waals surface area contributed by atoms with Crippen molar-refractivity contribution in [3.63, 3.8) is 0 Å². The quantitative estimate of drug-likeness (QED) is 0.752. The van der Waals surface area contributed by atoms with E-state index in [1.165, 1.54) is 0 Å². The molecule has 5 nitrogen and oxygen atoms in total. The van der Waals surface area contributed by atoms with Crippen molar-refractivity contribution in [3.05, 3.63) is 29.3 Å². The molecule has 0 aliphatic heterocycles. The minimum Gasteiger partial charge on any atom is -0.481 e. The number of hydrogen-bond acceptors (Lipinski definition) is 2. The Kier molecular flexibility index (Phi) is 5.76. The van der Waals surface area contributed by atoms with Gasteiger partial charge in [-0.15, -0.1) is 0 Å². The highest BCUT2D eigenvalue weighted by Gasteiger charge is 2.35. The summed E-state index contributed by atoms with van der Waals surface area (Å²) >= 11 is 0. The number of urea groups is 1. The summed E-state index contributed by atoms with van der Waals surface area (Å²) in [5, 5.41) is 14.8. The Morgan fingerprint density at radius 3 is 2.33 bits per heavy atom. The fourth-order valence-electron chi connectivity index (χ4n) is 2.18. The second kappa shape index (κ2) is 7.11. The van der Waals surface area contributed by atoms with Crippen molar-refractivity contribution >= 4 is 17.7 Å². The highest BCUT2D eigenvalue weighted by Crippen LogP contribution is 2.25. The van der Waals surface area contributed by atoms with Crippen molar-refractivity contribution in [1.82, 2.24) is 5.32 Å². The van der Waals surface area contributed by atoms with Crippen LogP contribution in [-0.2, 0) is 4.79 Å². The lowest BCUT2D eigenvalue weighted by Crippen LogP contribution is -2.43. The first kappa shape index (κ1) is 17.0. The summed E-state index contributed by atoms with van der Waals surface area (Å²) in [7, 11) is 0. The number of carboxylic acid groups (broad SMARTS) is 1. The van der Waals surface area contributed by atoms with Crippen LogP contribution in [0.15, 0.2) is 18.2 Å². The molecule has 1 rings (SSSR count). The Labute approximate surface area is 125 Å². The lowest BCUT2D eigenvalue weighted by molar-refractivity contribution is -0.149. The van der Waals surface area contributed by atoms with Crippen LogP contribution in [0.1, 0.15) is 37.8 Å². The fraction of sp³-hybridized carbons (Fsp3) is 0.500. The summed E-state index contributed by atoms with van der Waals surface area (Å²) in [6, 6.07) is 5.29. The van der Waals surface area contributed by atoms with E-state index in [-0.39, 0.29) is 12.6 Å². The number of aliphatic carboxylic acids is 1. The van der Waals surface area contributed by atoms with Gasteiger partial charge in [-0.1, -0.05) is 26.0 Å². The average molecular weight is 292 g/mol. The SMILES string of the molecule is CCC(CC)(CNC(=O)Nc1cccc(C)c1C)C(=O)O. The Hall–Kier alpha value is -2.04. The lowest BCUT2D eigenvalue weighted by atomic mass is 9.82. The number of benzene rings is 1. The number of carbonyl (C=O) groups excluding carboxylic acids is 1. The standard InChI is InChI=1S/C16H24N2O3/c1-5-16(6-2,14(19)20)10-17-15(21)18-13-9-7-8-11(3)12(13)4/h7-9H,5-6,10H2,1-4H3,(H,19,20)(H2,17,18,21). The molecule has 0 fully saturated rings. The van der Waals surface area contributed by atoms with Crippen LogP contribution in [0.5, 0.6) is 0 Å². The molecule has 0 spiro atoms. The molecule has 0 aliphatic carbocycles. The van der Waals surface area contributed by atoms with E-state index in [1.54, 1.807) is 0 Å². The molecule has 0 aromatic heterocycles. The van der Waals surface area contributed by atoms with E-state index in [2.05, 4.69) is 10.6 Å². The molecule has 1 aromatic carbocycles. The van der Waals surface area contributed by atoms with Crippen molar-refractivity contribution in [2.45, 2.75) is 40.5 Å². The van der Waals surface area contributed by atoms with Crippen LogP contribution in [0.2, 0.25) is 0 Å². The Balaban J connectivity index is 2.70. The Morgan fingerprint density at radius 1 is 1.19 bits per heavy atom. The number of carbonyl (C=O) groups is 2. The molecular weight excluding hydrogens is 268 g/mol. The number of nitrogens with one attached hydrogen (secondary N) is 2. The van der Waals surface area contributed by atoms with E-state index in [0.29, 0.717) is 12.8 Å². The van der Waals surface area contributed by atoms with Gasteiger partial charge in [0, 0.05) is 12.2 Å². The van der Waals surface area contributed by atoms with Crippen molar-refractivity contribution < 1.29 is 14.7 Å². The second-order valence-corrected chi connectivity index (χ2v) is 5.35. The normalized spacial score (nSPS) is 11.0. The van der Waals surface area contributed by atoms with E-state index >= 15 is 0 Å². The van der Waals surface area contributed by atoms with Crippen LogP contribution >= 0.6 is 0 Å². The molecule has 0 unspecified atom stereocenters. The highest BCUT2D eigenvalue weighted by molar-refractivity contribution is 5.90. The van der Waals surface area contributed by atoms with Crippen molar-refractivity contribution in [1.29, 1.82) is 0 Å². The van der Waals surface area contributed by atoms with Crippen LogP contribution < -0.4 is 10.6 Å². The van der Waals surface area contributed by atoms with E-state index in [4.69, 9.17) is 0 Å². The van der Waals surface area contributed by atoms with Crippen LogP contribution in [-0.4, -0.2) is 23.7 Å². The molecule has 2 amide bonds. The van der Waals surface area contributed by atoms with Crippen LogP contribution in [0.4, 0.5) is 10.5 Å². The van der Waals surface area contributed by atoms with Crippen molar-refractivity contribution in [2.24, 2.45) is 5.41 Å². The number of carboxylic acids is 1. The maximum absolute atomic E-state index is 12.0. The van der Waals surface area contributed by atoms with Gasteiger partial charge in [-0.25, -0.2) is 4.79 Å². The zero-order valence-corrected chi connectivity index (χ0v) is 13.1. The Morgan fingerprint density at radius 2 is 1.81 bits per heavy atom. The number of hydrogen-bond donors (Lipinski definition) is 3. The van der Waals surface area contributed by atoms with Gasteiger partial charge in [-0.2, -0.15) is 0 Å². The third kappa shape index (κ3) is 3.97. The van der Waals surface area contributed by atoms with Gasteiger partial charge in [0.05, 0.1) is 5.41 Å². The third-order valence-electron chi connectivity index (χ3n) is 4.25. The van der Waals surface area contributed by atoms with Crippen molar-refractivity contribution in [3.8, 4) is 0 Å². The number of rotatable bonds is 6. The first-order valence-electron chi connectivity index (χ1n) is 7.20. The molecule has 0 bridgehead atoms. The van der Waals surface area contributed by atoms with E-state index in [0.717, 1.165) is 16.8 Å². The zero-order chi connectivity index (χ0) is 16.0. The summed E-state index contributed by atoms with van der Waals surface area (Å²) < 4.78 is 0. The largest absolute Gasteiger partial charge is 0.481 e. The van der Waals surface area contributed by atoms with Gasteiger partial charge in [-0.3, -0.25) is 4.79 Å². The fourth-order valence-corrected chi connectivity index (χ4v) is 2.18. The smallest absolute Gasteiger partial charge is 0.319 e. The van der Waals surface area contributed by atoms with E-state index in [9.17, 15) is 14.7 Å². The average Bonchev–Trinajstić information content (AvgIpc) is 2.45. The van der Waals surface area contributed by atoms with Gasteiger partial charge in [0.25, 0.3) is 0 Å². The first-order chi connectivity index (χ1) is 9.86. The topological polar surface area (TPSA) is 78.4 Å². The van der Waals surface area contributed by atoms with E-state index in [1.807, 2.05) is 45.9 Å². The van der Waals surface area contributed by atoms with Gasteiger partial charge in [0.1, 0.15) is 0 Å². The molecule has 1 aromatic rings. The molecular formula is C16H24N2O3. The molecule has 3 N–H and O–H groups in total. The van der Waals surface area contributed by atoms with Crippen LogP contribution in [0, 0.1) is 19.3 Å². The summed E-state index contributed by atoms with van der Waals surface area (Å²) in [4.78, 5) is 23.3. The van der Waals surface area contributed by atoms with Gasteiger partial charge >= 0.3 is 12.0 Å². The molecule has 0 atom stereocenters. The summed E-state index contributed by atoms with van der Waals surface area (Å²) in [6.07, 6.45) is 0.950. The maximum atomic E-state index is 12.0. The van der Waals surface area contributed by atoms with Crippen LogP contribution in [0.3, 0.4) is 0 Å². The Bertz CT molecular complexity index is 522. The lowest BCUT2D eigenvalue weighted by Gasteiger charge is -2.26. The minimum atomic E-state index is -0.904. The molecule has 0 saturated carbocycles. The predicted molar refractivity (Wildman–Crippen MR) is 83.6 cm³/mol.